The lowest BCUT2D eigenvalue weighted by atomic mass is 10.2. The van der Waals surface area contributed by atoms with E-state index in [9.17, 15) is 4.79 Å². The number of imidazole rings is 1. The Morgan fingerprint density at radius 3 is 3.00 bits per heavy atom. The second kappa shape index (κ2) is 4.57. The van der Waals surface area contributed by atoms with Crippen LogP contribution in [0.5, 0.6) is 0 Å². The van der Waals surface area contributed by atoms with E-state index in [-0.39, 0.29) is 5.78 Å². The van der Waals surface area contributed by atoms with Crippen LogP contribution in [0.25, 0.3) is 0 Å². The van der Waals surface area contributed by atoms with Gasteiger partial charge in [-0.05, 0) is 28.9 Å². The van der Waals surface area contributed by atoms with Crippen LogP contribution < -0.4 is 0 Å². The standard InChI is InChI=1S/C11H10BrN3O/c1-2-15-4-3-14-11(15)10(16)8-5-9(12)7-13-6-8/h3-7H,2H2,1H3. The minimum atomic E-state index is -0.111. The highest BCUT2D eigenvalue weighted by Gasteiger charge is 2.14. The molecule has 0 aliphatic heterocycles. The molecule has 16 heavy (non-hydrogen) atoms. The van der Waals surface area contributed by atoms with Crippen molar-refractivity contribution in [1.82, 2.24) is 14.5 Å². The van der Waals surface area contributed by atoms with Gasteiger partial charge < -0.3 is 4.57 Å². The summed E-state index contributed by atoms with van der Waals surface area (Å²) in [6.07, 6.45) is 6.60. The Bertz CT molecular complexity index is 521. The van der Waals surface area contributed by atoms with E-state index in [1.807, 2.05) is 11.5 Å². The molecule has 0 atom stereocenters. The normalized spacial score (nSPS) is 10.4. The summed E-state index contributed by atoms with van der Waals surface area (Å²) in [7, 11) is 0. The molecule has 2 aromatic rings. The molecule has 82 valence electrons. The van der Waals surface area contributed by atoms with E-state index < -0.39 is 0 Å². The molecule has 2 rings (SSSR count). The Balaban J connectivity index is 2.39. The zero-order valence-electron chi connectivity index (χ0n) is 8.72. The maximum atomic E-state index is 12.1. The minimum absolute atomic E-state index is 0.111. The summed E-state index contributed by atoms with van der Waals surface area (Å²) < 4.78 is 2.59. The molecule has 0 radical (unpaired) electrons. The first-order valence-electron chi connectivity index (χ1n) is 4.88. The van der Waals surface area contributed by atoms with E-state index in [2.05, 4.69) is 25.9 Å². The third-order valence-corrected chi connectivity index (χ3v) is 2.66. The molecule has 4 nitrogen and oxygen atoms in total. The fourth-order valence-electron chi connectivity index (χ4n) is 1.44. The molecule has 0 N–H and O–H groups in total. The largest absolute Gasteiger partial charge is 0.328 e. The maximum Gasteiger partial charge on any atom is 0.230 e. The molecular weight excluding hydrogens is 270 g/mol. The number of ketones is 1. The minimum Gasteiger partial charge on any atom is -0.328 e. The molecule has 2 aromatic heterocycles. The number of pyridine rings is 1. The Morgan fingerprint density at radius 2 is 2.31 bits per heavy atom. The van der Waals surface area contributed by atoms with Crippen LogP contribution in [0.4, 0.5) is 0 Å². The Morgan fingerprint density at radius 1 is 1.50 bits per heavy atom. The molecule has 2 heterocycles. The zero-order valence-corrected chi connectivity index (χ0v) is 10.3. The van der Waals surface area contributed by atoms with Gasteiger partial charge in [-0.1, -0.05) is 0 Å². The lowest BCUT2D eigenvalue weighted by molar-refractivity contribution is 0.102. The van der Waals surface area contributed by atoms with Crippen LogP contribution in [0.2, 0.25) is 0 Å². The van der Waals surface area contributed by atoms with Crippen LogP contribution >= 0.6 is 15.9 Å². The number of aromatic nitrogens is 3. The number of carbonyl (C=O) groups excluding carboxylic acids is 1. The first kappa shape index (κ1) is 11.0. The summed E-state index contributed by atoms with van der Waals surface area (Å²) in [5.41, 5.74) is 0.537. The van der Waals surface area contributed by atoms with Crippen LogP contribution in [-0.4, -0.2) is 20.3 Å². The smallest absolute Gasteiger partial charge is 0.230 e. The number of halogens is 1. The maximum absolute atomic E-state index is 12.1. The topological polar surface area (TPSA) is 47.8 Å². The predicted molar refractivity (Wildman–Crippen MR) is 63.3 cm³/mol. The molecule has 0 bridgehead atoms. The fourth-order valence-corrected chi connectivity index (χ4v) is 1.80. The van der Waals surface area contributed by atoms with Gasteiger partial charge in [-0.15, -0.1) is 0 Å². The zero-order chi connectivity index (χ0) is 11.5. The Hall–Kier alpha value is -1.49. The highest BCUT2D eigenvalue weighted by atomic mass is 79.9. The van der Waals surface area contributed by atoms with Gasteiger partial charge in [0.15, 0.2) is 5.82 Å². The van der Waals surface area contributed by atoms with E-state index in [1.54, 1.807) is 30.9 Å². The van der Waals surface area contributed by atoms with Crippen LogP contribution in [0, 0.1) is 0 Å². The predicted octanol–water partition coefficient (Wildman–Crippen LogP) is 2.29. The lowest BCUT2D eigenvalue weighted by Gasteiger charge is -2.03. The summed E-state index contributed by atoms with van der Waals surface area (Å²) in [6, 6.07) is 1.74. The van der Waals surface area contributed by atoms with Crippen molar-refractivity contribution in [1.29, 1.82) is 0 Å². The van der Waals surface area contributed by atoms with Gasteiger partial charge in [-0.25, -0.2) is 4.98 Å². The quantitative estimate of drug-likeness (QED) is 0.810. The number of nitrogens with zero attached hydrogens (tertiary/aromatic N) is 3. The molecule has 0 saturated carbocycles. The molecule has 0 aliphatic carbocycles. The summed E-state index contributed by atoms with van der Waals surface area (Å²) in [5.74, 6) is 0.336. The molecular formula is C11H10BrN3O. The van der Waals surface area contributed by atoms with Crippen LogP contribution in [0.1, 0.15) is 23.1 Å². The van der Waals surface area contributed by atoms with E-state index >= 15 is 0 Å². The summed E-state index contributed by atoms with van der Waals surface area (Å²) >= 11 is 3.29. The average molecular weight is 280 g/mol. The Kier molecular flexibility index (Phi) is 3.14. The summed E-state index contributed by atoms with van der Waals surface area (Å²) in [4.78, 5) is 20.1. The van der Waals surface area contributed by atoms with Gasteiger partial charge in [-0.3, -0.25) is 9.78 Å². The monoisotopic (exact) mass is 279 g/mol. The van der Waals surface area contributed by atoms with Crippen LogP contribution in [-0.2, 0) is 6.54 Å². The number of hydrogen-bond acceptors (Lipinski definition) is 3. The Labute approximate surface area is 101 Å². The number of aryl methyl sites for hydroxylation is 1. The van der Waals surface area contributed by atoms with Crippen molar-refractivity contribution in [3.8, 4) is 0 Å². The average Bonchev–Trinajstić information content (AvgIpc) is 2.76. The molecule has 0 fully saturated rings. The van der Waals surface area contributed by atoms with E-state index in [0.717, 1.165) is 11.0 Å². The van der Waals surface area contributed by atoms with E-state index in [0.29, 0.717) is 11.4 Å². The summed E-state index contributed by atoms with van der Waals surface area (Å²) in [6.45, 7) is 2.69. The van der Waals surface area contributed by atoms with Crippen molar-refractivity contribution in [2.75, 3.05) is 0 Å². The van der Waals surface area contributed by atoms with Gasteiger partial charge >= 0.3 is 0 Å². The third-order valence-electron chi connectivity index (χ3n) is 2.23. The first-order valence-corrected chi connectivity index (χ1v) is 5.68. The highest BCUT2D eigenvalue weighted by molar-refractivity contribution is 9.10. The molecule has 0 spiro atoms. The first-order chi connectivity index (χ1) is 7.72. The number of carbonyl (C=O) groups is 1. The van der Waals surface area contributed by atoms with Gasteiger partial charge in [0, 0.05) is 41.4 Å². The molecule has 0 aliphatic rings. The second-order valence-electron chi connectivity index (χ2n) is 3.26. The molecule has 0 amide bonds. The highest BCUT2D eigenvalue weighted by Crippen LogP contribution is 2.13. The van der Waals surface area contributed by atoms with Crippen LogP contribution in [0.3, 0.4) is 0 Å². The number of hydrogen-bond donors (Lipinski definition) is 0. The van der Waals surface area contributed by atoms with Crippen LogP contribution in [0.15, 0.2) is 35.3 Å². The molecule has 0 unspecified atom stereocenters. The SMILES string of the molecule is CCn1ccnc1C(=O)c1cncc(Br)c1. The second-order valence-corrected chi connectivity index (χ2v) is 4.17. The third kappa shape index (κ3) is 2.04. The van der Waals surface area contributed by atoms with Gasteiger partial charge in [0.05, 0.1) is 0 Å². The molecule has 0 aromatic carbocycles. The lowest BCUT2D eigenvalue weighted by Crippen LogP contribution is -2.10. The van der Waals surface area contributed by atoms with Crippen molar-refractivity contribution in [2.24, 2.45) is 0 Å². The van der Waals surface area contributed by atoms with Gasteiger partial charge in [0.25, 0.3) is 0 Å². The molecule has 5 heteroatoms. The fraction of sp³-hybridized carbons (Fsp3) is 0.182. The summed E-state index contributed by atoms with van der Waals surface area (Å²) in [5, 5.41) is 0. The molecule has 0 saturated heterocycles. The van der Waals surface area contributed by atoms with E-state index in [1.165, 1.54) is 0 Å². The van der Waals surface area contributed by atoms with Gasteiger partial charge in [0.2, 0.25) is 5.78 Å². The van der Waals surface area contributed by atoms with Gasteiger partial charge in [0.1, 0.15) is 0 Å². The van der Waals surface area contributed by atoms with Crippen molar-refractivity contribution in [3.63, 3.8) is 0 Å². The van der Waals surface area contributed by atoms with E-state index in [4.69, 9.17) is 0 Å². The number of rotatable bonds is 3. The van der Waals surface area contributed by atoms with Crippen molar-refractivity contribution in [3.05, 3.63) is 46.7 Å². The van der Waals surface area contributed by atoms with Crippen molar-refractivity contribution in [2.45, 2.75) is 13.5 Å². The van der Waals surface area contributed by atoms with Crippen molar-refractivity contribution >= 4 is 21.7 Å². The van der Waals surface area contributed by atoms with Gasteiger partial charge in [-0.2, -0.15) is 0 Å². The van der Waals surface area contributed by atoms with Crippen molar-refractivity contribution < 1.29 is 4.79 Å².